The number of nitrogens with one attached hydrogen (secondary N) is 2. The molecule has 0 radical (unpaired) electrons. The molecule has 0 fully saturated rings. The first-order valence-corrected chi connectivity index (χ1v) is 8.09. The van der Waals surface area contributed by atoms with Crippen molar-refractivity contribution >= 4 is 16.0 Å². The Morgan fingerprint density at radius 2 is 2.10 bits per heavy atom. The summed E-state index contributed by atoms with van der Waals surface area (Å²) in [6, 6.07) is 7.90. The molecule has 0 atom stereocenters. The van der Waals surface area contributed by atoms with Crippen LogP contribution in [0.3, 0.4) is 0 Å². The largest absolute Gasteiger partial charge is 0.384 e. The Hall–Kier alpha value is -1.90. The molecule has 4 N–H and O–H groups in total. The summed E-state index contributed by atoms with van der Waals surface area (Å²) in [7, 11) is -3.53. The Labute approximate surface area is 123 Å². The third-order valence-electron chi connectivity index (χ3n) is 3.63. The second-order valence-corrected chi connectivity index (χ2v) is 6.74. The van der Waals surface area contributed by atoms with E-state index in [4.69, 9.17) is 5.73 Å². The highest BCUT2D eigenvalue weighted by molar-refractivity contribution is 7.87. The second-order valence-electron chi connectivity index (χ2n) is 4.99. The molecule has 0 bridgehead atoms. The van der Waals surface area contributed by atoms with Crippen molar-refractivity contribution in [2.24, 2.45) is 0 Å². The van der Waals surface area contributed by atoms with Crippen molar-refractivity contribution < 1.29 is 8.42 Å². The Kier molecular flexibility index (Phi) is 3.66. The van der Waals surface area contributed by atoms with Gasteiger partial charge in [-0.2, -0.15) is 22.5 Å². The molecule has 8 heteroatoms. The van der Waals surface area contributed by atoms with Gasteiger partial charge in [-0.05, 0) is 17.5 Å². The normalized spacial score (nSPS) is 15.8. The fourth-order valence-corrected chi connectivity index (χ4v) is 3.56. The fourth-order valence-electron chi connectivity index (χ4n) is 2.40. The maximum absolute atomic E-state index is 12.3. The van der Waals surface area contributed by atoms with Crippen molar-refractivity contribution in [2.75, 3.05) is 12.3 Å². The lowest BCUT2D eigenvalue weighted by atomic mass is 10.0. The van der Waals surface area contributed by atoms with E-state index in [0.717, 1.165) is 12.0 Å². The highest BCUT2D eigenvalue weighted by Gasteiger charge is 2.26. The summed E-state index contributed by atoms with van der Waals surface area (Å²) in [5.41, 5.74) is 8.54. The lowest BCUT2D eigenvalue weighted by Crippen LogP contribution is -2.43. The monoisotopic (exact) mass is 307 g/mol. The van der Waals surface area contributed by atoms with Crippen LogP contribution in [0.2, 0.25) is 0 Å². The number of nitrogen functional groups attached to an aromatic ring is 1. The number of hydrogen-bond donors (Lipinski definition) is 3. The smallest absolute Gasteiger partial charge is 0.280 e. The molecule has 21 heavy (non-hydrogen) atoms. The van der Waals surface area contributed by atoms with E-state index in [-0.39, 0.29) is 6.54 Å². The van der Waals surface area contributed by atoms with Gasteiger partial charge in [-0.25, -0.2) is 0 Å². The van der Waals surface area contributed by atoms with Gasteiger partial charge in [0.2, 0.25) is 0 Å². The quantitative estimate of drug-likeness (QED) is 0.759. The minimum atomic E-state index is -3.53. The van der Waals surface area contributed by atoms with Crippen molar-refractivity contribution in [3.8, 4) is 0 Å². The van der Waals surface area contributed by atoms with Crippen molar-refractivity contribution in [1.29, 1.82) is 0 Å². The number of hydrogen-bond acceptors (Lipinski definition) is 4. The fraction of sp³-hybridized carbons (Fsp3) is 0.308. The Morgan fingerprint density at radius 3 is 2.81 bits per heavy atom. The molecule has 1 aromatic carbocycles. The van der Waals surface area contributed by atoms with Gasteiger partial charge in [0.15, 0.2) is 0 Å². The summed E-state index contributed by atoms with van der Waals surface area (Å²) in [6.07, 6.45) is 2.24. The van der Waals surface area contributed by atoms with Crippen LogP contribution in [0.5, 0.6) is 0 Å². The highest BCUT2D eigenvalue weighted by Crippen LogP contribution is 2.20. The third kappa shape index (κ3) is 2.92. The van der Waals surface area contributed by atoms with Crippen LogP contribution in [0.15, 0.2) is 30.5 Å². The zero-order valence-corrected chi connectivity index (χ0v) is 12.2. The molecule has 2 heterocycles. The zero-order valence-electron chi connectivity index (χ0n) is 11.4. The van der Waals surface area contributed by atoms with E-state index in [2.05, 4.69) is 14.9 Å². The Morgan fingerprint density at radius 1 is 1.33 bits per heavy atom. The van der Waals surface area contributed by atoms with Crippen molar-refractivity contribution in [2.45, 2.75) is 19.5 Å². The van der Waals surface area contributed by atoms with Crippen LogP contribution in [-0.4, -0.2) is 29.5 Å². The number of rotatable bonds is 4. The Bertz CT molecular complexity index is 741. The van der Waals surface area contributed by atoms with Gasteiger partial charge in [-0.3, -0.25) is 5.10 Å². The molecule has 0 amide bonds. The van der Waals surface area contributed by atoms with Gasteiger partial charge in [0.25, 0.3) is 10.2 Å². The number of aromatic amines is 1. The molecule has 0 saturated carbocycles. The van der Waals surface area contributed by atoms with E-state index in [0.29, 0.717) is 24.5 Å². The lowest BCUT2D eigenvalue weighted by Gasteiger charge is -2.28. The van der Waals surface area contributed by atoms with Gasteiger partial charge in [0.1, 0.15) is 5.82 Å². The number of nitrogens with zero attached hydrogens (tertiary/aromatic N) is 2. The van der Waals surface area contributed by atoms with Crippen LogP contribution in [0, 0.1) is 0 Å². The highest BCUT2D eigenvalue weighted by atomic mass is 32.2. The molecule has 0 unspecified atom stereocenters. The van der Waals surface area contributed by atoms with Crippen LogP contribution in [-0.2, 0) is 29.7 Å². The van der Waals surface area contributed by atoms with Crippen LogP contribution in [0.4, 0.5) is 5.82 Å². The summed E-state index contributed by atoms with van der Waals surface area (Å²) < 4.78 is 28.7. The number of aromatic nitrogens is 2. The van der Waals surface area contributed by atoms with E-state index in [1.807, 2.05) is 24.3 Å². The first-order valence-electron chi connectivity index (χ1n) is 6.65. The molecule has 112 valence electrons. The molecular weight excluding hydrogens is 290 g/mol. The average molecular weight is 307 g/mol. The molecule has 3 rings (SSSR count). The molecule has 1 aromatic heterocycles. The lowest BCUT2D eigenvalue weighted by molar-refractivity contribution is 0.384. The van der Waals surface area contributed by atoms with Crippen LogP contribution in [0.1, 0.15) is 16.7 Å². The molecule has 1 aliphatic heterocycles. The first kappa shape index (κ1) is 14.1. The average Bonchev–Trinajstić information content (AvgIpc) is 2.90. The van der Waals surface area contributed by atoms with Gasteiger partial charge in [-0.1, -0.05) is 24.3 Å². The number of benzene rings is 1. The first-order chi connectivity index (χ1) is 10.1. The minimum Gasteiger partial charge on any atom is -0.384 e. The minimum absolute atomic E-state index is 0.128. The van der Waals surface area contributed by atoms with Gasteiger partial charge in [0, 0.05) is 25.2 Å². The Balaban J connectivity index is 1.70. The van der Waals surface area contributed by atoms with Crippen LogP contribution < -0.4 is 10.5 Å². The van der Waals surface area contributed by atoms with Gasteiger partial charge in [-0.15, -0.1) is 0 Å². The summed E-state index contributed by atoms with van der Waals surface area (Å²) in [5.74, 6) is 0.377. The van der Waals surface area contributed by atoms with Crippen molar-refractivity contribution in [3.05, 3.63) is 47.2 Å². The van der Waals surface area contributed by atoms with Gasteiger partial charge >= 0.3 is 0 Å². The van der Waals surface area contributed by atoms with Crippen LogP contribution in [0.25, 0.3) is 0 Å². The summed E-state index contributed by atoms with van der Waals surface area (Å²) in [5, 5.41) is 6.34. The second kappa shape index (κ2) is 5.47. The van der Waals surface area contributed by atoms with E-state index < -0.39 is 10.2 Å². The van der Waals surface area contributed by atoms with Crippen molar-refractivity contribution in [1.82, 2.24) is 19.2 Å². The number of nitrogens with two attached hydrogens (primary N) is 1. The summed E-state index contributed by atoms with van der Waals surface area (Å²) in [4.78, 5) is 0. The summed E-state index contributed by atoms with van der Waals surface area (Å²) in [6.45, 7) is 1.00. The molecule has 0 aliphatic carbocycles. The van der Waals surface area contributed by atoms with E-state index in [1.165, 1.54) is 16.1 Å². The predicted molar refractivity (Wildman–Crippen MR) is 79.3 cm³/mol. The zero-order chi connectivity index (χ0) is 14.9. The number of H-pyrrole nitrogens is 1. The van der Waals surface area contributed by atoms with E-state index >= 15 is 0 Å². The number of anilines is 1. The summed E-state index contributed by atoms with van der Waals surface area (Å²) >= 11 is 0. The maximum Gasteiger partial charge on any atom is 0.280 e. The molecule has 0 spiro atoms. The topological polar surface area (TPSA) is 104 Å². The SMILES string of the molecule is Nc1[nH]ncc1CNS(=O)(=O)N1CCc2ccccc2C1. The standard InChI is InChI=1S/C13H17N5O2S/c14-13-12(7-15-17-13)8-16-21(19,20)18-6-5-10-3-1-2-4-11(10)9-18/h1-4,7,16H,5-6,8-9H2,(H3,14,15,17). The maximum atomic E-state index is 12.3. The molecule has 1 aliphatic rings. The molecule has 0 saturated heterocycles. The van der Waals surface area contributed by atoms with E-state index in [1.54, 1.807) is 0 Å². The number of fused-ring (bicyclic) bond motifs is 1. The molecular formula is C13H17N5O2S. The van der Waals surface area contributed by atoms with Crippen molar-refractivity contribution in [3.63, 3.8) is 0 Å². The van der Waals surface area contributed by atoms with E-state index in [9.17, 15) is 8.42 Å². The van der Waals surface area contributed by atoms with Gasteiger partial charge in [0.05, 0.1) is 6.20 Å². The predicted octanol–water partition coefficient (Wildman–Crippen LogP) is 0.385. The molecule has 2 aromatic rings. The van der Waals surface area contributed by atoms with Crippen LogP contribution >= 0.6 is 0 Å². The van der Waals surface area contributed by atoms with Gasteiger partial charge < -0.3 is 5.73 Å². The third-order valence-corrected chi connectivity index (χ3v) is 5.13. The molecule has 7 nitrogen and oxygen atoms in total.